The molecule has 0 fully saturated rings. The van der Waals surface area contributed by atoms with Crippen LogP contribution >= 0.6 is 23.2 Å². The summed E-state index contributed by atoms with van der Waals surface area (Å²) >= 11 is 11.6. The number of hydrogen-bond donors (Lipinski definition) is 0. The lowest BCUT2D eigenvalue weighted by molar-refractivity contribution is -0.121. The van der Waals surface area contributed by atoms with E-state index in [2.05, 4.69) is 0 Å². The van der Waals surface area contributed by atoms with Gasteiger partial charge in [-0.2, -0.15) is 0 Å². The van der Waals surface area contributed by atoms with Gasteiger partial charge < -0.3 is 9.64 Å². The molecule has 2 aromatic carbocycles. The van der Waals surface area contributed by atoms with Crippen molar-refractivity contribution in [3.8, 4) is 0 Å². The van der Waals surface area contributed by atoms with Crippen molar-refractivity contribution >= 4 is 40.8 Å². The number of benzene rings is 2. The Balaban J connectivity index is 1.97. The summed E-state index contributed by atoms with van der Waals surface area (Å²) in [5.74, 6) is -0.994. The third-order valence-corrected chi connectivity index (χ3v) is 3.38. The number of ether oxygens (including phenoxy) is 1. The number of halogens is 2. The Labute approximate surface area is 138 Å². The molecular formula is C16H13Cl2NO3. The fourth-order valence-electron chi connectivity index (χ4n) is 1.77. The van der Waals surface area contributed by atoms with Crippen LogP contribution in [0.25, 0.3) is 0 Å². The summed E-state index contributed by atoms with van der Waals surface area (Å²) in [5, 5.41) is 0.652. The number of nitrogens with zero attached hydrogens (tertiary/aromatic N) is 1. The lowest BCUT2D eigenvalue weighted by Gasteiger charge is -2.17. The van der Waals surface area contributed by atoms with Crippen molar-refractivity contribution < 1.29 is 14.3 Å². The molecule has 0 heterocycles. The van der Waals surface area contributed by atoms with Gasteiger partial charge in [0.1, 0.15) is 0 Å². The van der Waals surface area contributed by atoms with E-state index in [1.165, 1.54) is 23.1 Å². The monoisotopic (exact) mass is 337 g/mol. The number of anilines is 1. The van der Waals surface area contributed by atoms with Gasteiger partial charge in [0.25, 0.3) is 5.91 Å². The minimum Gasteiger partial charge on any atom is -0.452 e. The van der Waals surface area contributed by atoms with Crippen LogP contribution in [0.3, 0.4) is 0 Å². The van der Waals surface area contributed by atoms with Gasteiger partial charge in [0.15, 0.2) is 6.61 Å². The Hall–Kier alpha value is -2.04. The van der Waals surface area contributed by atoms with E-state index in [9.17, 15) is 9.59 Å². The lowest BCUT2D eigenvalue weighted by atomic mass is 10.2. The van der Waals surface area contributed by atoms with Gasteiger partial charge in [-0.25, -0.2) is 4.79 Å². The van der Waals surface area contributed by atoms with Crippen molar-refractivity contribution in [3.63, 3.8) is 0 Å². The normalized spacial score (nSPS) is 10.1. The molecule has 0 aliphatic rings. The molecule has 0 spiro atoms. The zero-order valence-electron chi connectivity index (χ0n) is 11.8. The Kier molecular flexibility index (Phi) is 5.41. The first kappa shape index (κ1) is 16.3. The Morgan fingerprint density at radius 2 is 1.64 bits per heavy atom. The third kappa shape index (κ3) is 4.23. The average molecular weight is 338 g/mol. The van der Waals surface area contributed by atoms with Crippen LogP contribution in [-0.4, -0.2) is 25.5 Å². The van der Waals surface area contributed by atoms with E-state index in [1.54, 1.807) is 19.2 Å². The van der Waals surface area contributed by atoms with Crippen LogP contribution in [0.1, 0.15) is 10.4 Å². The van der Waals surface area contributed by atoms with Gasteiger partial charge in [-0.15, -0.1) is 0 Å². The summed E-state index contributed by atoms with van der Waals surface area (Å²) < 4.78 is 5.00. The van der Waals surface area contributed by atoms with E-state index >= 15 is 0 Å². The maximum absolute atomic E-state index is 12.0. The molecule has 0 saturated carbocycles. The van der Waals surface area contributed by atoms with E-state index in [-0.39, 0.29) is 18.1 Å². The molecule has 1 amide bonds. The lowest BCUT2D eigenvalue weighted by Crippen LogP contribution is -2.31. The highest BCUT2D eigenvalue weighted by Gasteiger charge is 2.15. The van der Waals surface area contributed by atoms with Crippen molar-refractivity contribution in [1.29, 1.82) is 0 Å². The molecule has 0 aromatic heterocycles. The molecule has 2 aromatic rings. The summed E-state index contributed by atoms with van der Waals surface area (Å²) in [4.78, 5) is 25.3. The summed E-state index contributed by atoms with van der Waals surface area (Å²) in [5.41, 5.74) is 0.919. The van der Waals surface area contributed by atoms with Crippen LogP contribution in [0, 0.1) is 0 Å². The van der Waals surface area contributed by atoms with Crippen LogP contribution in [0.4, 0.5) is 5.69 Å². The summed E-state index contributed by atoms with van der Waals surface area (Å²) in [6.07, 6.45) is 0. The first-order valence-electron chi connectivity index (χ1n) is 6.42. The molecular weight excluding hydrogens is 325 g/mol. The smallest absolute Gasteiger partial charge is 0.338 e. The van der Waals surface area contributed by atoms with E-state index in [1.807, 2.05) is 18.2 Å². The van der Waals surface area contributed by atoms with Gasteiger partial charge in [0, 0.05) is 22.8 Å². The molecule has 0 radical (unpaired) electrons. The van der Waals surface area contributed by atoms with Gasteiger partial charge in [-0.3, -0.25) is 4.79 Å². The topological polar surface area (TPSA) is 46.6 Å². The largest absolute Gasteiger partial charge is 0.452 e. The van der Waals surface area contributed by atoms with Crippen molar-refractivity contribution in [2.24, 2.45) is 0 Å². The zero-order chi connectivity index (χ0) is 16.1. The maximum Gasteiger partial charge on any atom is 0.338 e. The minimum absolute atomic E-state index is 0.202. The first-order valence-corrected chi connectivity index (χ1v) is 7.18. The molecule has 0 unspecified atom stereocenters. The van der Waals surface area contributed by atoms with Gasteiger partial charge in [-0.05, 0) is 30.3 Å². The predicted molar refractivity (Wildman–Crippen MR) is 86.6 cm³/mol. The number of likely N-dealkylation sites (N-methyl/N-ethyl adjacent to an activating group) is 1. The summed E-state index contributed by atoms with van der Waals surface area (Å²) in [6.45, 7) is -0.367. The molecule has 0 aliphatic heterocycles. The highest BCUT2D eigenvalue weighted by atomic mass is 35.5. The average Bonchev–Trinajstić information content (AvgIpc) is 2.51. The van der Waals surface area contributed by atoms with E-state index in [0.717, 1.165) is 0 Å². The van der Waals surface area contributed by atoms with Crippen molar-refractivity contribution in [3.05, 3.63) is 64.1 Å². The number of esters is 1. The number of amides is 1. The van der Waals surface area contributed by atoms with Crippen molar-refractivity contribution in [2.45, 2.75) is 0 Å². The van der Waals surface area contributed by atoms with Gasteiger partial charge in [0.05, 0.1) is 5.56 Å². The number of carbonyl (C=O) groups is 2. The molecule has 0 saturated heterocycles. The molecule has 0 bridgehead atoms. The fraction of sp³-hybridized carbons (Fsp3) is 0.125. The molecule has 0 atom stereocenters. The van der Waals surface area contributed by atoms with Gasteiger partial charge in [-0.1, -0.05) is 41.4 Å². The minimum atomic E-state index is -0.654. The van der Waals surface area contributed by atoms with Crippen LogP contribution in [0.5, 0.6) is 0 Å². The van der Waals surface area contributed by atoms with E-state index in [0.29, 0.717) is 15.7 Å². The van der Waals surface area contributed by atoms with Gasteiger partial charge >= 0.3 is 5.97 Å². The Bertz CT molecular complexity index is 669. The summed E-state index contributed by atoms with van der Waals surface area (Å²) in [6, 6.07) is 13.4. The molecule has 2 rings (SSSR count). The molecule has 0 N–H and O–H groups in total. The molecule has 114 valence electrons. The van der Waals surface area contributed by atoms with Crippen LogP contribution < -0.4 is 4.90 Å². The maximum atomic E-state index is 12.0. The molecule has 6 heteroatoms. The van der Waals surface area contributed by atoms with E-state index < -0.39 is 5.97 Å². The van der Waals surface area contributed by atoms with E-state index in [4.69, 9.17) is 27.9 Å². The number of hydrogen-bond acceptors (Lipinski definition) is 3. The first-order chi connectivity index (χ1) is 10.5. The van der Waals surface area contributed by atoms with Crippen LogP contribution in [0.15, 0.2) is 48.5 Å². The second-order valence-electron chi connectivity index (χ2n) is 4.52. The SMILES string of the molecule is CN(C(=O)COC(=O)c1cc(Cl)cc(Cl)c1)c1ccccc1. The predicted octanol–water partition coefficient (Wildman–Crippen LogP) is 3.81. The second-order valence-corrected chi connectivity index (χ2v) is 5.40. The van der Waals surface area contributed by atoms with Crippen LogP contribution in [0.2, 0.25) is 10.0 Å². The van der Waals surface area contributed by atoms with Crippen molar-refractivity contribution in [2.75, 3.05) is 18.6 Å². The third-order valence-electron chi connectivity index (χ3n) is 2.94. The highest BCUT2D eigenvalue weighted by molar-refractivity contribution is 6.35. The highest BCUT2D eigenvalue weighted by Crippen LogP contribution is 2.19. The Morgan fingerprint density at radius 3 is 2.23 bits per heavy atom. The molecule has 4 nitrogen and oxygen atoms in total. The zero-order valence-corrected chi connectivity index (χ0v) is 13.3. The van der Waals surface area contributed by atoms with Crippen LogP contribution in [-0.2, 0) is 9.53 Å². The second kappa shape index (κ2) is 7.29. The molecule has 0 aliphatic carbocycles. The van der Waals surface area contributed by atoms with Crippen molar-refractivity contribution in [1.82, 2.24) is 0 Å². The quantitative estimate of drug-likeness (QED) is 0.797. The molecule has 22 heavy (non-hydrogen) atoms. The summed E-state index contributed by atoms with van der Waals surface area (Å²) in [7, 11) is 1.61. The Morgan fingerprint density at radius 1 is 1.05 bits per heavy atom. The standard InChI is InChI=1S/C16H13Cl2NO3/c1-19(14-5-3-2-4-6-14)15(20)10-22-16(21)11-7-12(17)9-13(18)8-11/h2-9H,10H2,1H3. The number of para-hydroxylation sites is 1. The van der Waals surface area contributed by atoms with Gasteiger partial charge in [0.2, 0.25) is 0 Å². The number of rotatable bonds is 4. The fourth-order valence-corrected chi connectivity index (χ4v) is 2.30. The number of carbonyl (C=O) groups excluding carboxylic acids is 2.